The van der Waals surface area contributed by atoms with E-state index in [0.717, 1.165) is 0 Å². The van der Waals surface area contributed by atoms with Gasteiger partial charge in [-0.2, -0.15) is 0 Å². The average molecular weight is 415 g/mol. The zero-order valence-electron chi connectivity index (χ0n) is 16.7. The van der Waals surface area contributed by atoms with E-state index >= 15 is 0 Å². The van der Waals surface area contributed by atoms with Crippen LogP contribution in [0.5, 0.6) is 0 Å². The molecule has 2 aromatic carbocycles. The number of hydrogen-bond donors (Lipinski definition) is 3. The number of rotatable bonds is 5. The molecule has 0 bridgehead atoms. The van der Waals surface area contributed by atoms with E-state index in [4.69, 9.17) is 0 Å². The molecule has 0 unspecified atom stereocenters. The number of aliphatic hydroxyl groups is 1. The van der Waals surface area contributed by atoms with Crippen LogP contribution in [-0.4, -0.2) is 74.6 Å². The third-order valence-electron chi connectivity index (χ3n) is 5.44. The quantitative estimate of drug-likeness (QED) is 0.511. The van der Waals surface area contributed by atoms with Gasteiger partial charge in [-0.3, -0.25) is 9.59 Å². The molecule has 2 aliphatic heterocycles. The molecule has 0 aliphatic carbocycles. The molecule has 0 spiro atoms. The normalized spacial score (nSPS) is 20.7. The number of nitrogens with one attached hydrogen (secondary N) is 1. The number of aliphatic hydroxyl groups excluding tert-OH is 1. The van der Waals surface area contributed by atoms with E-state index in [0.29, 0.717) is 28.8 Å². The summed E-state index contributed by atoms with van der Waals surface area (Å²) < 4.78 is 0. The number of carboxylic acid groups (broad SMARTS) is 1. The molecule has 1 radical (unpaired) electrons. The third-order valence-corrected chi connectivity index (χ3v) is 5.44. The van der Waals surface area contributed by atoms with Gasteiger partial charge in [-0.15, -0.1) is 0 Å². The Labute approximate surface area is 195 Å². The SMILES string of the molecule is C[C@@H](O)[C@H]1C(=O)N2C(C(=O)O)=C(c3cccc(C(=O)Nc4ccccc4)c3)C[C@H]12.[Na]. The molecule has 0 saturated carbocycles. The van der Waals surface area contributed by atoms with Crippen molar-refractivity contribution in [1.82, 2.24) is 4.90 Å². The Kier molecular flexibility index (Phi) is 6.47. The number of β-lactam (4-membered cyclic amide) rings is 1. The van der Waals surface area contributed by atoms with E-state index in [9.17, 15) is 24.6 Å². The van der Waals surface area contributed by atoms with Crippen molar-refractivity contribution in [2.24, 2.45) is 5.92 Å². The second-order valence-corrected chi connectivity index (χ2v) is 7.28. The van der Waals surface area contributed by atoms with Crippen LogP contribution in [0.3, 0.4) is 0 Å². The van der Waals surface area contributed by atoms with Gasteiger partial charge in [-0.1, -0.05) is 30.3 Å². The van der Waals surface area contributed by atoms with Gasteiger partial charge in [0.1, 0.15) is 5.70 Å². The number of nitrogens with zero attached hydrogens (tertiary/aromatic N) is 1. The standard InChI is InChI=1S/C22H20N2O5.Na/c1-12(25)18-17-11-16(19(22(28)29)24(17)21(18)27)13-6-5-7-14(10-13)20(26)23-15-8-3-2-4-9-15;/h2-10,12,17-18,25H,11H2,1H3,(H,23,26)(H,28,29);/t12-,17-,18-;/m1./s1. The topological polar surface area (TPSA) is 107 Å². The average Bonchev–Trinajstić information content (AvgIpc) is 3.04. The second kappa shape index (κ2) is 8.73. The molecule has 7 nitrogen and oxygen atoms in total. The number of amides is 2. The van der Waals surface area contributed by atoms with Gasteiger partial charge in [0.05, 0.1) is 18.1 Å². The van der Waals surface area contributed by atoms with Crippen LogP contribution in [0.25, 0.3) is 5.57 Å². The Morgan fingerprint density at radius 3 is 2.47 bits per heavy atom. The fourth-order valence-corrected chi connectivity index (χ4v) is 4.10. The number of fused-ring (bicyclic) bond motifs is 1. The zero-order chi connectivity index (χ0) is 20.7. The summed E-state index contributed by atoms with van der Waals surface area (Å²) in [6, 6.07) is 15.3. The molecule has 2 amide bonds. The summed E-state index contributed by atoms with van der Waals surface area (Å²) in [7, 11) is 0. The van der Waals surface area contributed by atoms with Gasteiger partial charge in [-0.05, 0) is 48.7 Å². The first kappa shape index (κ1) is 22.2. The van der Waals surface area contributed by atoms with Gasteiger partial charge in [0.25, 0.3) is 5.91 Å². The number of hydrogen-bond acceptors (Lipinski definition) is 4. The maximum atomic E-state index is 12.6. The van der Waals surface area contributed by atoms with Gasteiger partial charge in [0, 0.05) is 40.8 Å². The van der Waals surface area contributed by atoms with Gasteiger partial charge in [0.15, 0.2) is 0 Å². The summed E-state index contributed by atoms with van der Waals surface area (Å²) in [6.07, 6.45) is -0.520. The van der Waals surface area contributed by atoms with E-state index in [1.165, 1.54) is 11.8 Å². The number of aliphatic carboxylic acids is 1. The molecule has 2 aliphatic rings. The summed E-state index contributed by atoms with van der Waals surface area (Å²) in [4.78, 5) is 38.1. The predicted octanol–water partition coefficient (Wildman–Crippen LogP) is 1.97. The number of carbonyl (C=O) groups is 3. The zero-order valence-corrected chi connectivity index (χ0v) is 18.7. The third kappa shape index (κ3) is 3.81. The van der Waals surface area contributed by atoms with Crippen molar-refractivity contribution in [3.63, 3.8) is 0 Å². The van der Waals surface area contributed by atoms with E-state index in [1.54, 1.807) is 36.4 Å². The number of para-hydroxylation sites is 1. The molecule has 3 N–H and O–H groups in total. The van der Waals surface area contributed by atoms with Crippen LogP contribution >= 0.6 is 0 Å². The smallest absolute Gasteiger partial charge is 0.352 e. The molecule has 2 aromatic rings. The van der Waals surface area contributed by atoms with Crippen LogP contribution < -0.4 is 5.32 Å². The van der Waals surface area contributed by atoms with Crippen molar-refractivity contribution in [3.05, 3.63) is 71.4 Å². The molecule has 30 heavy (non-hydrogen) atoms. The van der Waals surface area contributed by atoms with Crippen molar-refractivity contribution in [3.8, 4) is 0 Å². The van der Waals surface area contributed by atoms with Crippen molar-refractivity contribution >= 4 is 58.6 Å². The molecule has 149 valence electrons. The summed E-state index contributed by atoms with van der Waals surface area (Å²) >= 11 is 0. The molecule has 1 saturated heterocycles. The van der Waals surface area contributed by atoms with Crippen molar-refractivity contribution in [1.29, 1.82) is 0 Å². The molecule has 4 rings (SSSR count). The van der Waals surface area contributed by atoms with Crippen molar-refractivity contribution in [2.75, 3.05) is 5.32 Å². The van der Waals surface area contributed by atoms with E-state index in [-0.39, 0.29) is 53.1 Å². The Morgan fingerprint density at radius 2 is 1.83 bits per heavy atom. The summed E-state index contributed by atoms with van der Waals surface area (Å²) in [6.45, 7) is 1.53. The van der Waals surface area contributed by atoms with Gasteiger partial charge < -0.3 is 20.4 Å². The van der Waals surface area contributed by atoms with Crippen LogP contribution in [0, 0.1) is 5.92 Å². The van der Waals surface area contributed by atoms with Crippen LogP contribution in [0.2, 0.25) is 0 Å². The molecular formula is C22H20N2NaO5. The van der Waals surface area contributed by atoms with Gasteiger partial charge in [-0.25, -0.2) is 4.79 Å². The van der Waals surface area contributed by atoms with Crippen molar-refractivity contribution in [2.45, 2.75) is 25.5 Å². The Balaban J connectivity index is 0.00000256. The predicted molar refractivity (Wildman–Crippen MR) is 112 cm³/mol. The fraction of sp³-hybridized carbons (Fsp3) is 0.227. The molecular weight excluding hydrogens is 395 g/mol. The van der Waals surface area contributed by atoms with Crippen LogP contribution in [0.4, 0.5) is 5.69 Å². The molecule has 0 aromatic heterocycles. The molecule has 2 heterocycles. The van der Waals surface area contributed by atoms with Crippen LogP contribution in [0.1, 0.15) is 29.3 Å². The summed E-state index contributed by atoms with van der Waals surface area (Å²) in [5.74, 6) is -2.49. The first-order valence-electron chi connectivity index (χ1n) is 9.33. The maximum Gasteiger partial charge on any atom is 0.352 e. The van der Waals surface area contributed by atoms with Crippen LogP contribution in [-0.2, 0) is 9.59 Å². The Bertz CT molecular complexity index is 1030. The van der Waals surface area contributed by atoms with Gasteiger partial charge in [0.2, 0.25) is 5.91 Å². The summed E-state index contributed by atoms with van der Waals surface area (Å²) in [5, 5.41) is 22.4. The van der Waals surface area contributed by atoms with Gasteiger partial charge >= 0.3 is 5.97 Å². The Hall–Kier alpha value is -2.45. The van der Waals surface area contributed by atoms with Crippen LogP contribution in [0.15, 0.2) is 60.3 Å². The number of benzene rings is 2. The fourth-order valence-electron chi connectivity index (χ4n) is 4.10. The molecule has 8 heteroatoms. The first-order chi connectivity index (χ1) is 13.9. The maximum absolute atomic E-state index is 12.6. The number of anilines is 1. The van der Waals surface area contributed by atoms with E-state index in [1.807, 2.05) is 18.2 Å². The largest absolute Gasteiger partial charge is 0.477 e. The monoisotopic (exact) mass is 415 g/mol. The first-order valence-corrected chi connectivity index (χ1v) is 9.33. The Morgan fingerprint density at radius 1 is 1.13 bits per heavy atom. The summed E-state index contributed by atoms with van der Waals surface area (Å²) in [5.41, 5.74) is 2.04. The number of carboxylic acids is 1. The minimum atomic E-state index is -1.20. The minimum absolute atomic E-state index is 0. The minimum Gasteiger partial charge on any atom is -0.477 e. The number of carbonyl (C=O) groups excluding carboxylic acids is 2. The second-order valence-electron chi connectivity index (χ2n) is 7.28. The van der Waals surface area contributed by atoms with E-state index in [2.05, 4.69) is 5.32 Å². The molecule has 1 fully saturated rings. The molecule has 3 atom stereocenters. The van der Waals surface area contributed by atoms with Crippen molar-refractivity contribution < 1.29 is 24.6 Å². The van der Waals surface area contributed by atoms with E-state index < -0.39 is 18.0 Å².